The molecule has 1 heterocycles. The molecule has 5 heteroatoms. The summed E-state index contributed by atoms with van der Waals surface area (Å²) < 4.78 is 4.96. The Bertz CT molecular complexity index is 635. The smallest absolute Gasteiger partial charge is 0.337 e. The number of nitrogens with one attached hydrogen (secondary N) is 1. The minimum atomic E-state index is -0.965. The minimum absolute atomic E-state index is 0.0191. The quantitative estimate of drug-likeness (QED) is 0.859. The van der Waals surface area contributed by atoms with E-state index in [0.29, 0.717) is 12.0 Å². The largest absolute Gasteiger partial charge is 0.466 e. The summed E-state index contributed by atoms with van der Waals surface area (Å²) in [6.07, 6.45) is 0.460. The van der Waals surface area contributed by atoms with Gasteiger partial charge < -0.3 is 10.1 Å². The summed E-state index contributed by atoms with van der Waals surface area (Å²) in [5.74, 6) is -0.459. The van der Waals surface area contributed by atoms with Crippen molar-refractivity contribution in [2.45, 2.75) is 58.2 Å². The van der Waals surface area contributed by atoms with E-state index in [1.54, 1.807) is 13.8 Å². The standard InChI is InChI=1S/C19H27N2O3/c1-13(14-10-8-7-9-11-14)20-15-12-18(2,3)21(23)19(4,5)16(15)17(22)24-6/h7-11,13,20H,12H2,1-6H3/t13-/m1/s1. The Hall–Kier alpha value is -1.85. The number of ether oxygens (including phenoxy) is 1. The fourth-order valence-corrected chi connectivity index (χ4v) is 3.50. The van der Waals surface area contributed by atoms with Crippen LogP contribution >= 0.6 is 0 Å². The second kappa shape index (κ2) is 6.57. The van der Waals surface area contributed by atoms with Gasteiger partial charge in [-0.2, -0.15) is 0 Å². The fraction of sp³-hybridized carbons (Fsp3) is 0.526. The Morgan fingerprint density at radius 3 is 2.33 bits per heavy atom. The first-order valence-corrected chi connectivity index (χ1v) is 8.22. The number of carbonyl (C=O) groups is 1. The van der Waals surface area contributed by atoms with Crippen LogP contribution in [0.25, 0.3) is 0 Å². The van der Waals surface area contributed by atoms with Gasteiger partial charge in [-0.15, -0.1) is 10.3 Å². The Labute approximate surface area is 144 Å². The molecule has 24 heavy (non-hydrogen) atoms. The number of benzene rings is 1. The van der Waals surface area contributed by atoms with Gasteiger partial charge in [0, 0.05) is 18.2 Å². The normalized spacial score (nSPS) is 21.3. The van der Waals surface area contributed by atoms with Crippen molar-refractivity contribution in [1.29, 1.82) is 0 Å². The molecule has 0 unspecified atom stereocenters. The molecule has 131 valence electrons. The molecule has 0 bridgehead atoms. The van der Waals surface area contributed by atoms with Gasteiger partial charge in [-0.05, 0) is 40.2 Å². The molecule has 0 fully saturated rings. The zero-order chi connectivity index (χ0) is 18.1. The molecule has 1 atom stereocenters. The number of methoxy groups -OCH3 is 1. The first kappa shape index (κ1) is 18.5. The summed E-state index contributed by atoms with van der Waals surface area (Å²) in [5, 5.41) is 17.2. The molecule has 1 radical (unpaired) electrons. The van der Waals surface area contributed by atoms with E-state index in [0.717, 1.165) is 16.3 Å². The number of esters is 1. The van der Waals surface area contributed by atoms with Crippen molar-refractivity contribution in [3.05, 3.63) is 47.2 Å². The molecule has 5 nitrogen and oxygen atoms in total. The van der Waals surface area contributed by atoms with E-state index in [1.807, 2.05) is 51.1 Å². The number of nitrogens with zero attached hydrogens (tertiary/aromatic N) is 1. The van der Waals surface area contributed by atoms with Crippen molar-refractivity contribution in [1.82, 2.24) is 10.4 Å². The highest BCUT2D eigenvalue weighted by Gasteiger charge is 2.50. The number of carbonyl (C=O) groups excluding carboxylic acids is 1. The van der Waals surface area contributed by atoms with Crippen LogP contribution in [0.15, 0.2) is 41.6 Å². The Kier molecular flexibility index (Phi) is 5.06. The molecule has 0 aromatic heterocycles. The molecule has 0 spiro atoms. The van der Waals surface area contributed by atoms with Crippen molar-refractivity contribution in [2.24, 2.45) is 0 Å². The summed E-state index contributed by atoms with van der Waals surface area (Å²) in [6.45, 7) is 9.36. The number of hydrogen-bond donors (Lipinski definition) is 1. The monoisotopic (exact) mass is 331 g/mol. The molecule has 1 aromatic carbocycles. The number of hydrogen-bond acceptors (Lipinski definition) is 4. The maximum absolute atomic E-state index is 12.7. The van der Waals surface area contributed by atoms with Crippen LogP contribution in [-0.4, -0.2) is 29.2 Å². The average molecular weight is 331 g/mol. The lowest BCUT2D eigenvalue weighted by atomic mass is 9.79. The van der Waals surface area contributed by atoms with Crippen LogP contribution < -0.4 is 5.32 Å². The minimum Gasteiger partial charge on any atom is -0.466 e. The molecule has 1 aliphatic heterocycles. The van der Waals surface area contributed by atoms with Gasteiger partial charge in [0.2, 0.25) is 0 Å². The van der Waals surface area contributed by atoms with E-state index >= 15 is 0 Å². The van der Waals surface area contributed by atoms with Crippen LogP contribution in [0.4, 0.5) is 0 Å². The highest BCUT2D eigenvalue weighted by atomic mass is 16.5. The van der Waals surface area contributed by atoms with E-state index in [9.17, 15) is 10.0 Å². The third kappa shape index (κ3) is 3.32. The van der Waals surface area contributed by atoms with Crippen molar-refractivity contribution in [3.63, 3.8) is 0 Å². The topological polar surface area (TPSA) is 61.5 Å². The Morgan fingerprint density at radius 1 is 1.21 bits per heavy atom. The van der Waals surface area contributed by atoms with E-state index in [2.05, 4.69) is 5.32 Å². The molecular weight excluding hydrogens is 304 g/mol. The predicted octanol–water partition coefficient (Wildman–Crippen LogP) is 3.37. The lowest BCUT2D eigenvalue weighted by molar-refractivity contribution is -0.267. The zero-order valence-corrected chi connectivity index (χ0v) is 15.3. The van der Waals surface area contributed by atoms with Gasteiger partial charge in [-0.3, -0.25) is 0 Å². The molecule has 2 rings (SSSR count). The molecule has 1 aliphatic rings. The van der Waals surface area contributed by atoms with E-state index < -0.39 is 17.0 Å². The van der Waals surface area contributed by atoms with Gasteiger partial charge in [0.05, 0.1) is 23.8 Å². The third-order valence-electron chi connectivity index (χ3n) is 4.66. The van der Waals surface area contributed by atoms with Gasteiger partial charge in [0.1, 0.15) is 0 Å². The van der Waals surface area contributed by atoms with Crippen LogP contribution in [0.1, 0.15) is 52.6 Å². The molecule has 0 amide bonds. The summed E-state index contributed by atoms with van der Waals surface area (Å²) >= 11 is 0. The zero-order valence-electron chi connectivity index (χ0n) is 15.3. The van der Waals surface area contributed by atoms with Crippen LogP contribution in [0.3, 0.4) is 0 Å². The van der Waals surface area contributed by atoms with Crippen LogP contribution in [-0.2, 0) is 14.7 Å². The molecule has 0 aliphatic carbocycles. The average Bonchev–Trinajstić information content (AvgIpc) is 2.53. The van der Waals surface area contributed by atoms with E-state index in [1.165, 1.54) is 7.11 Å². The first-order chi connectivity index (χ1) is 11.1. The number of hydroxylamine groups is 2. The van der Waals surface area contributed by atoms with E-state index in [-0.39, 0.29) is 6.04 Å². The second-order valence-corrected chi connectivity index (χ2v) is 7.46. The van der Waals surface area contributed by atoms with Crippen molar-refractivity contribution >= 4 is 5.97 Å². The van der Waals surface area contributed by atoms with Crippen LogP contribution in [0.2, 0.25) is 0 Å². The summed E-state index contributed by atoms with van der Waals surface area (Å²) in [6, 6.07) is 10.0. The molecule has 0 saturated carbocycles. The predicted molar refractivity (Wildman–Crippen MR) is 92.3 cm³/mol. The van der Waals surface area contributed by atoms with Crippen LogP contribution in [0.5, 0.6) is 0 Å². The maximum Gasteiger partial charge on any atom is 0.337 e. The lowest BCUT2D eigenvalue weighted by Gasteiger charge is -2.48. The third-order valence-corrected chi connectivity index (χ3v) is 4.66. The summed E-state index contributed by atoms with van der Waals surface area (Å²) in [5.41, 5.74) is 0.727. The Balaban J connectivity index is 2.46. The number of rotatable bonds is 4. The lowest BCUT2D eigenvalue weighted by Crippen LogP contribution is -2.59. The fourth-order valence-electron chi connectivity index (χ4n) is 3.50. The van der Waals surface area contributed by atoms with E-state index in [4.69, 9.17) is 4.74 Å². The van der Waals surface area contributed by atoms with Crippen LogP contribution in [0, 0.1) is 0 Å². The highest BCUT2D eigenvalue weighted by Crippen LogP contribution is 2.41. The Morgan fingerprint density at radius 2 is 1.79 bits per heavy atom. The maximum atomic E-state index is 12.7. The summed E-state index contributed by atoms with van der Waals surface area (Å²) in [7, 11) is 1.35. The van der Waals surface area contributed by atoms with Crippen molar-refractivity contribution < 1.29 is 14.7 Å². The van der Waals surface area contributed by atoms with Gasteiger partial charge in [-0.25, -0.2) is 4.79 Å². The van der Waals surface area contributed by atoms with Crippen molar-refractivity contribution in [3.8, 4) is 0 Å². The molecular formula is C19H27N2O3. The second-order valence-electron chi connectivity index (χ2n) is 7.46. The highest BCUT2D eigenvalue weighted by molar-refractivity contribution is 5.92. The summed E-state index contributed by atoms with van der Waals surface area (Å²) in [4.78, 5) is 12.4. The van der Waals surface area contributed by atoms with Gasteiger partial charge in [-0.1, -0.05) is 30.3 Å². The van der Waals surface area contributed by atoms with Gasteiger partial charge >= 0.3 is 5.97 Å². The van der Waals surface area contributed by atoms with Crippen molar-refractivity contribution in [2.75, 3.05) is 7.11 Å². The SMILES string of the molecule is COC(=O)C1=C(N[C@H](C)c2ccccc2)CC(C)(C)N([O])C1(C)C. The molecule has 1 aromatic rings. The van der Waals surface area contributed by atoms with Gasteiger partial charge in [0.25, 0.3) is 0 Å². The molecule has 1 N–H and O–H groups in total. The molecule has 0 saturated heterocycles. The first-order valence-electron chi connectivity index (χ1n) is 8.22. The van der Waals surface area contributed by atoms with Gasteiger partial charge in [0.15, 0.2) is 0 Å².